The van der Waals surface area contributed by atoms with Gasteiger partial charge in [0.15, 0.2) is 0 Å². The molecule has 0 atom stereocenters. The highest BCUT2D eigenvalue weighted by molar-refractivity contribution is 7.16. The molecule has 1 fully saturated rings. The lowest BCUT2D eigenvalue weighted by Gasteiger charge is -2.27. The standard InChI is InChI=1S/C19H21N5OS/c1-13-9-15(23-19(22-13)24-7-3-2-4-8-24)11-20-18(25)14-5-6-16-17(10-14)26-12-21-16/h5-6,9-10,12H,2-4,7-8,11H2,1H3,(H,20,25). The molecular formula is C19H21N5OS. The number of hydrogen-bond donors (Lipinski definition) is 1. The van der Waals surface area contributed by atoms with Crippen molar-refractivity contribution in [3.8, 4) is 0 Å². The van der Waals surface area contributed by atoms with Crippen LogP contribution >= 0.6 is 11.3 Å². The van der Waals surface area contributed by atoms with Crippen LogP contribution in [0.4, 0.5) is 5.95 Å². The van der Waals surface area contributed by atoms with Crippen molar-refractivity contribution in [2.45, 2.75) is 32.7 Å². The molecule has 1 aromatic carbocycles. The minimum absolute atomic E-state index is 0.101. The number of hydrogen-bond acceptors (Lipinski definition) is 6. The summed E-state index contributed by atoms with van der Waals surface area (Å²) in [5, 5.41) is 2.97. The molecule has 0 spiro atoms. The maximum Gasteiger partial charge on any atom is 0.251 e. The predicted octanol–water partition coefficient (Wildman–Crippen LogP) is 3.32. The smallest absolute Gasteiger partial charge is 0.251 e. The number of piperidine rings is 1. The van der Waals surface area contributed by atoms with Crippen LogP contribution < -0.4 is 10.2 Å². The SMILES string of the molecule is Cc1cc(CNC(=O)c2ccc3ncsc3c2)nc(N2CCCCC2)n1. The topological polar surface area (TPSA) is 71.0 Å². The zero-order chi connectivity index (χ0) is 17.9. The molecule has 3 heterocycles. The van der Waals surface area contributed by atoms with Gasteiger partial charge in [0, 0.05) is 24.3 Å². The Hall–Kier alpha value is -2.54. The van der Waals surface area contributed by atoms with E-state index in [-0.39, 0.29) is 5.91 Å². The highest BCUT2D eigenvalue weighted by Gasteiger charge is 2.15. The predicted molar refractivity (Wildman–Crippen MR) is 104 cm³/mol. The summed E-state index contributed by atoms with van der Waals surface area (Å²) in [6.45, 7) is 4.37. The summed E-state index contributed by atoms with van der Waals surface area (Å²) < 4.78 is 1.02. The minimum atomic E-state index is -0.101. The minimum Gasteiger partial charge on any atom is -0.346 e. The number of amides is 1. The third-order valence-electron chi connectivity index (χ3n) is 4.56. The van der Waals surface area contributed by atoms with Gasteiger partial charge in [-0.3, -0.25) is 4.79 Å². The zero-order valence-electron chi connectivity index (χ0n) is 14.7. The van der Waals surface area contributed by atoms with E-state index in [0.29, 0.717) is 12.1 Å². The fourth-order valence-electron chi connectivity index (χ4n) is 3.21. The molecule has 2 aromatic heterocycles. The summed E-state index contributed by atoms with van der Waals surface area (Å²) in [5.74, 6) is 0.677. The molecule has 134 valence electrons. The first kappa shape index (κ1) is 16.9. The number of carbonyl (C=O) groups is 1. The molecule has 26 heavy (non-hydrogen) atoms. The molecule has 0 unspecified atom stereocenters. The van der Waals surface area contributed by atoms with Crippen LogP contribution in [-0.4, -0.2) is 33.9 Å². The molecule has 1 amide bonds. The highest BCUT2D eigenvalue weighted by Crippen LogP contribution is 2.19. The lowest BCUT2D eigenvalue weighted by molar-refractivity contribution is 0.0950. The van der Waals surface area contributed by atoms with Crippen LogP contribution in [0.1, 0.15) is 41.0 Å². The first-order valence-corrected chi connectivity index (χ1v) is 9.78. The number of nitrogens with one attached hydrogen (secondary N) is 1. The van der Waals surface area contributed by atoms with E-state index < -0.39 is 0 Å². The van der Waals surface area contributed by atoms with E-state index in [1.54, 1.807) is 5.51 Å². The van der Waals surface area contributed by atoms with Gasteiger partial charge in [-0.15, -0.1) is 11.3 Å². The van der Waals surface area contributed by atoms with Crippen LogP contribution in [0.3, 0.4) is 0 Å². The monoisotopic (exact) mass is 367 g/mol. The van der Waals surface area contributed by atoms with Gasteiger partial charge >= 0.3 is 0 Å². The highest BCUT2D eigenvalue weighted by atomic mass is 32.1. The molecule has 1 aliphatic rings. The Morgan fingerprint density at radius 1 is 1.19 bits per heavy atom. The quantitative estimate of drug-likeness (QED) is 0.766. The number of aryl methyl sites for hydroxylation is 1. The molecule has 0 radical (unpaired) electrons. The van der Waals surface area contributed by atoms with E-state index in [9.17, 15) is 4.79 Å². The second-order valence-electron chi connectivity index (χ2n) is 6.57. The van der Waals surface area contributed by atoms with Gasteiger partial charge in [-0.25, -0.2) is 15.0 Å². The van der Waals surface area contributed by atoms with Crippen molar-refractivity contribution in [2.24, 2.45) is 0 Å². The number of anilines is 1. The Morgan fingerprint density at radius 2 is 2.04 bits per heavy atom. The number of aromatic nitrogens is 3. The van der Waals surface area contributed by atoms with E-state index in [0.717, 1.165) is 40.6 Å². The first-order chi connectivity index (χ1) is 12.7. The van der Waals surface area contributed by atoms with E-state index in [1.807, 2.05) is 31.2 Å². The summed E-state index contributed by atoms with van der Waals surface area (Å²) in [7, 11) is 0. The summed E-state index contributed by atoms with van der Waals surface area (Å²) in [6.07, 6.45) is 3.64. The van der Waals surface area contributed by atoms with Gasteiger partial charge in [0.05, 0.1) is 28.0 Å². The van der Waals surface area contributed by atoms with Crippen molar-refractivity contribution >= 4 is 33.4 Å². The van der Waals surface area contributed by atoms with Crippen molar-refractivity contribution < 1.29 is 4.79 Å². The molecular weight excluding hydrogens is 346 g/mol. The normalized spacial score (nSPS) is 14.6. The summed E-state index contributed by atoms with van der Waals surface area (Å²) in [6, 6.07) is 7.50. The largest absolute Gasteiger partial charge is 0.346 e. The summed E-state index contributed by atoms with van der Waals surface area (Å²) >= 11 is 1.54. The summed E-state index contributed by atoms with van der Waals surface area (Å²) in [4.78, 5) is 28.2. The Morgan fingerprint density at radius 3 is 2.88 bits per heavy atom. The Bertz CT molecular complexity index is 933. The Balaban J connectivity index is 1.46. The fourth-order valence-corrected chi connectivity index (χ4v) is 3.93. The maximum absolute atomic E-state index is 12.5. The van der Waals surface area contributed by atoms with Crippen LogP contribution in [-0.2, 0) is 6.54 Å². The van der Waals surface area contributed by atoms with Crippen LogP contribution in [0.15, 0.2) is 29.8 Å². The molecule has 1 saturated heterocycles. The molecule has 7 heteroatoms. The van der Waals surface area contributed by atoms with E-state index in [4.69, 9.17) is 0 Å². The maximum atomic E-state index is 12.5. The van der Waals surface area contributed by atoms with Gasteiger partial charge in [-0.2, -0.15) is 0 Å². The van der Waals surface area contributed by atoms with Crippen LogP contribution in [0, 0.1) is 6.92 Å². The lowest BCUT2D eigenvalue weighted by atomic mass is 10.1. The molecule has 1 N–H and O–H groups in total. The molecule has 0 aliphatic carbocycles. The molecule has 0 saturated carbocycles. The number of benzene rings is 1. The number of thiazole rings is 1. The van der Waals surface area contributed by atoms with Crippen LogP contribution in [0.2, 0.25) is 0 Å². The lowest BCUT2D eigenvalue weighted by Crippen LogP contribution is -2.31. The third-order valence-corrected chi connectivity index (χ3v) is 5.35. The zero-order valence-corrected chi connectivity index (χ0v) is 15.6. The van der Waals surface area contributed by atoms with Gasteiger partial charge in [0.1, 0.15) is 0 Å². The van der Waals surface area contributed by atoms with Gasteiger partial charge < -0.3 is 10.2 Å². The average Bonchev–Trinajstić information content (AvgIpc) is 3.14. The van der Waals surface area contributed by atoms with Crippen molar-refractivity contribution in [3.05, 3.63) is 46.7 Å². The van der Waals surface area contributed by atoms with Crippen LogP contribution in [0.25, 0.3) is 10.2 Å². The molecule has 3 aromatic rings. The van der Waals surface area contributed by atoms with E-state index >= 15 is 0 Å². The first-order valence-electron chi connectivity index (χ1n) is 8.90. The molecule has 6 nitrogen and oxygen atoms in total. The Labute approximate surface area is 156 Å². The van der Waals surface area contributed by atoms with Gasteiger partial charge in [0.25, 0.3) is 5.91 Å². The number of carbonyl (C=O) groups excluding carboxylic acids is 1. The van der Waals surface area contributed by atoms with Crippen molar-refractivity contribution in [1.82, 2.24) is 20.3 Å². The van der Waals surface area contributed by atoms with Crippen molar-refractivity contribution in [3.63, 3.8) is 0 Å². The number of fused-ring (bicyclic) bond motifs is 1. The molecule has 0 bridgehead atoms. The Kier molecular flexibility index (Phi) is 4.79. The van der Waals surface area contributed by atoms with Gasteiger partial charge in [0.2, 0.25) is 5.95 Å². The van der Waals surface area contributed by atoms with Crippen LogP contribution in [0.5, 0.6) is 0 Å². The van der Waals surface area contributed by atoms with E-state index in [1.165, 1.54) is 30.6 Å². The molecule has 4 rings (SSSR count). The third kappa shape index (κ3) is 3.67. The molecule has 1 aliphatic heterocycles. The number of rotatable bonds is 4. The van der Waals surface area contributed by atoms with E-state index in [2.05, 4.69) is 25.2 Å². The fraction of sp³-hybridized carbons (Fsp3) is 0.368. The second-order valence-corrected chi connectivity index (χ2v) is 7.45. The summed E-state index contributed by atoms with van der Waals surface area (Å²) in [5.41, 5.74) is 5.12. The van der Waals surface area contributed by atoms with Gasteiger partial charge in [-0.1, -0.05) is 0 Å². The van der Waals surface area contributed by atoms with Crippen molar-refractivity contribution in [2.75, 3.05) is 18.0 Å². The second kappa shape index (κ2) is 7.37. The number of nitrogens with zero attached hydrogens (tertiary/aromatic N) is 4. The van der Waals surface area contributed by atoms with Crippen molar-refractivity contribution in [1.29, 1.82) is 0 Å². The average molecular weight is 367 g/mol. The van der Waals surface area contributed by atoms with Gasteiger partial charge in [-0.05, 0) is 50.5 Å².